The summed E-state index contributed by atoms with van der Waals surface area (Å²) in [5.41, 5.74) is 5.30. The zero-order valence-corrected chi connectivity index (χ0v) is 11.0. The lowest BCUT2D eigenvalue weighted by molar-refractivity contribution is -0.383. The van der Waals surface area contributed by atoms with Crippen molar-refractivity contribution in [2.24, 2.45) is 5.92 Å². The van der Waals surface area contributed by atoms with E-state index in [9.17, 15) is 10.1 Å². The third-order valence-corrected chi connectivity index (χ3v) is 3.46. The maximum Gasteiger partial charge on any atom is 0.352 e. The third kappa shape index (κ3) is 2.90. The van der Waals surface area contributed by atoms with E-state index in [1.54, 1.807) is 0 Å². The molecule has 1 fully saturated rings. The molecule has 8 nitrogen and oxygen atoms in total. The second-order valence-electron chi connectivity index (χ2n) is 4.99. The van der Waals surface area contributed by atoms with E-state index in [0.717, 1.165) is 19.5 Å². The number of rotatable bonds is 3. The molecule has 1 aromatic heterocycles. The molecular weight excluding hydrogens is 248 g/mol. The van der Waals surface area contributed by atoms with Gasteiger partial charge in [0.1, 0.15) is 6.33 Å². The summed E-state index contributed by atoms with van der Waals surface area (Å²) in [5, 5.41) is 14.2. The number of anilines is 2. The van der Waals surface area contributed by atoms with Crippen molar-refractivity contribution in [3.8, 4) is 0 Å². The van der Waals surface area contributed by atoms with E-state index in [2.05, 4.69) is 34.2 Å². The summed E-state index contributed by atoms with van der Waals surface area (Å²) in [6.07, 6.45) is 2.16. The zero-order chi connectivity index (χ0) is 14.0. The highest BCUT2D eigenvalue weighted by molar-refractivity contribution is 5.67. The lowest BCUT2D eigenvalue weighted by Crippen LogP contribution is -2.43. The van der Waals surface area contributed by atoms with E-state index in [1.165, 1.54) is 6.33 Å². The van der Waals surface area contributed by atoms with Crippen molar-refractivity contribution in [2.75, 3.05) is 31.2 Å². The molecule has 2 atom stereocenters. The fraction of sp³-hybridized carbons (Fsp3) is 0.636. The van der Waals surface area contributed by atoms with Crippen LogP contribution in [0, 0.1) is 16.0 Å². The number of nitrogens with one attached hydrogen (secondary N) is 1. The Morgan fingerprint density at radius 1 is 1.58 bits per heavy atom. The molecule has 2 unspecified atom stereocenters. The van der Waals surface area contributed by atoms with Crippen LogP contribution >= 0.6 is 0 Å². The first kappa shape index (κ1) is 13.5. The van der Waals surface area contributed by atoms with E-state index >= 15 is 0 Å². The number of piperidine rings is 1. The normalized spacial score (nSPS) is 24.1. The van der Waals surface area contributed by atoms with Crippen molar-refractivity contribution in [3.63, 3.8) is 0 Å². The van der Waals surface area contributed by atoms with Gasteiger partial charge in [-0.1, -0.05) is 6.92 Å². The van der Waals surface area contributed by atoms with Gasteiger partial charge in [-0.2, -0.15) is 0 Å². The molecule has 0 aliphatic carbocycles. The van der Waals surface area contributed by atoms with Gasteiger partial charge in [0.25, 0.3) is 0 Å². The summed E-state index contributed by atoms with van der Waals surface area (Å²) in [6, 6.07) is 0.157. The SMILES string of the molecule is CC1CN(C)CCC1Nc1ncnc(N)c1[N+](=O)[O-]. The van der Waals surface area contributed by atoms with Gasteiger partial charge in [-0.25, -0.2) is 9.97 Å². The molecule has 0 amide bonds. The maximum atomic E-state index is 11.0. The molecule has 1 aliphatic rings. The van der Waals surface area contributed by atoms with Crippen LogP contribution in [0.3, 0.4) is 0 Å². The van der Waals surface area contributed by atoms with Gasteiger partial charge in [0.05, 0.1) is 4.92 Å². The predicted molar refractivity (Wildman–Crippen MR) is 71.8 cm³/mol. The first-order valence-electron chi connectivity index (χ1n) is 6.19. The minimum Gasteiger partial charge on any atom is -0.378 e. The summed E-state index contributed by atoms with van der Waals surface area (Å²) >= 11 is 0. The monoisotopic (exact) mass is 266 g/mol. The molecule has 19 heavy (non-hydrogen) atoms. The molecular formula is C11H18N6O2. The maximum absolute atomic E-state index is 11.0. The Bertz CT molecular complexity index is 480. The van der Waals surface area contributed by atoms with E-state index in [4.69, 9.17) is 5.73 Å². The largest absolute Gasteiger partial charge is 0.378 e. The van der Waals surface area contributed by atoms with Gasteiger partial charge in [0, 0.05) is 12.6 Å². The Morgan fingerprint density at radius 3 is 2.95 bits per heavy atom. The Hall–Kier alpha value is -1.96. The molecule has 8 heteroatoms. The summed E-state index contributed by atoms with van der Waals surface area (Å²) < 4.78 is 0. The molecule has 1 aromatic rings. The van der Waals surface area contributed by atoms with Crippen LogP contribution in [0.4, 0.5) is 17.3 Å². The molecule has 0 radical (unpaired) electrons. The number of hydrogen-bond acceptors (Lipinski definition) is 7. The van der Waals surface area contributed by atoms with Gasteiger partial charge in [-0.15, -0.1) is 0 Å². The minimum absolute atomic E-state index is 0.108. The summed E-state index contributed by atoms with van der Waals surface area (Å²) in [5.74, 6) is 0.483. The lowest BCUT2D eigenvalue weighted by atomic mass is 9.94. The molecule has 2 rings (SSSR count). The Labute approximate surface area is 111 Å². The highest BCUT2D eigenvalue weighted by Gasteiger charge is 2.28. The second-order valence-corrected chi connectivity index (χ2v) is 4.99. The number of nitrogens with two attached hydrogens (primary N) is 1. The Kier molecular flexibility index (Phi) is 3.79. The number of likely N-dealkylation sites (tertiary alicyclic amines) is 1. The van der Waals surface area contributed by atoms with Crippen LogP contribution in [0.2, 0.25) is 0 Å². The number of nitro groups is 1. The fourth-order valence-corrected chi connectivity index (χ4v) is 2.42. The summed E-state index contributed by atoms with van der Waals surface area (Å²) in [6.45, 7) is 4.02. The molecule has 2 heterocycles. The first-order valence-corrected chi connectivity index (χ1v) is 6.19. The predicted octanol–water partition coefficient (Wildman–Crippen LogP) is 0.719. The zero-order valence-electron chi connectivity index (χ0n) is 11.0. The van der Waals surface area contributed by atoms with Gasteiger partial charge in [0.2, 0.25) is 11.6 Å². The van der Waals surface area contributed by atoms with Crippen LogP contribution in [0.5, 0.6) is 0 Å². The summed E-state index contributed by atoms with van der Waals surface area (Å²) in [4.78, 5) is 20.3. The van der Waals surface area contributed by atoms with Crippen LogP contribution in [-0.2, 0) is 0 Å². The van der Waals surface area contributed by atoms with E-state index in [1.807, 2.05) is 0 Å². The van der Waals surface area contributed by atoms with Crippen LogP contribution in [0.1, 0.15) is 13.3 Å². The Morgan fingerprint density at radius 2 is 2.32 bits per heavy atom. The van der Waals surface area contributed by atoms with Crippen LogP contribution in [-0.4, -0.2) is 46.0 Å². The number of hydrogen-bond donors (Lipinski definition) is 2. The van der Waals surface area contributed by atoms with Crippen molar-refractivity contribution in [1.82, 2.24) is 14.9 Å². The van der Waals surface area contributed by atoms with Crippen molar-refractivity contribution in [3.05, 3.63) is 16.4 Å². The number of nitrogen functional groups attached to an aromatic ring is 1. The third-order valence-electron chi connectivity index (χ3n) is 3.46. The molecule has 0 saturated carbocycles. The average Bonchev–Trinajstić information content (AvgIpc) is 2.32. The fourth-order valence-electron chi connectivity index (χ4n) is 2.42. The van der Waals surface area contributed by atoms with Crippen LogP contribution in [0.25, 0.3) is 0 Å². The molecule has 1 aliphatic heterocycles. The van der Waals surface area contributed by atoms with Crippen molar-refractivity contribution in [2.45, 2.75) is 19.4 Å². The topological polar surface area (TPSA) is 110 Å². The van der Waals surface area contributed by atoms with Gasteiger partial charge in [-0.3, -0.25) is 10.1 Å². The van der Waals surface area contributed by atoms with Crippen LogP contribution < -0.4 is 11.1 Å². The number of nitrogens with zero attached hydrogens (tertiary/aromatic N) is 4. The summed E-state index contributed by atoms with van der Waals surface area (Å²) in [7, 11) is 2.07. The van der Waals surface area contributed by atoms with Crippen molar-refractivity contribution < 1.29 is 4.92 Å². The smallest absolute Gasteiger partial charge is 0.352 e. The van der Waals surface area contributed by atoms with Crippen LogP contribution in [0.15, 0.2) is 6.33 Å². The molecule has 1 saturated heterocycles. The Balaban J connectivity index is 2.19. The van der Waals surface area contributed by atoms with Gasteiger partial charge >= 0.3 is 5.69 Å². The van der Waals surface area contributed by atoms with Gasteiger partial charge < -0.3 is 16.0 Å². The van der Waals surface area contributed by atoms with E-state index < -0.39 is 4.92 Å². The molecule has 104 valence electrons. The first-order chi connectivity index (χ1) is 8.99. The quantitative estimate of drug-likeness (QED) is 0.612. The molecule has 0 aromatic carbocycles. The van der Waals surface area contributed by atoms with E-state index in [-0.39, 0.29) is 23.4 Å². The van der Waals surface area contributed by atoms with E-state index in [0.29, 0.717) is 5.92 Å². The molecule has 3 N–H and O–H groups in total. The highest BCUT2D eigenvalue weighted by atomic mass is 16.6. The highest BCUT2D eigenvalue weighted by Crippen LogP contribution is 2.29. The average molecular weight is 266 g/mol. The molecule has 0 spiro atoms. The lowest BCUT2D eigenvalue weighted by Gasteiger charge is -2.35. The van der Waals surface area contributed by atoms with Gasteiger partial charge in [-0.05, 0) is 25.9 Å². The molecule has 0 bridgehead atoms. The van der Waals surface area contributed by atoms with Gasteiger partial charge in [0.15, 0.2) is 0 Å². The second kappa shape index (κ2) is 5.35. The standard InChI is InChI=1S/C11H18N6O2/c1-7-5-16(2)4-3-8(7)15-11-9(17(18)19)10(12)13-6-14-11/h6-8H,3-5H2,1-2H3,(H3,12,13,14,15). The van der Waals surface area contributed by atoms with Crippen molar-refractivity contribution in [1.29, 1.82) is 0 Å². The number of aromatic nitrogens is 2. The minimum atomic E-state index is -0.544. The van der Waals surface area contributed by atoms with Crippen molar-refractivity contribution >= 4 is 17.3 Å².